The molecule has 1 aromatic rings. The van der Waals surface area contributed by atoms with E-state index in [1.54, 1.807) is 12.1 Å². The van der Waals surface area contributed by atoms with E-state index < -0.39 is 11.8 Å². The lowest BCUT2D eigenvalue weighted by molar-refractivity contribution is -0.143. The van der Waals surface area contributed by atoms with Gasteiger partial charge in [-0.2, -0.15) is 0 Å². The largest absolute Gasteiger partial charge is 0.395 e. The number of aliphatic hydroxyl groups is 1. The molecule has 0 heterocycles. The highest BCUT2D eigenvalue weighted by Crippen LogP contribution is 2.26. The van der Waals surface area contributed by atoms with Crippen LogP contribution in [0.3, 0.4) is 0 Å². The van der Waals surface area contributed by atoms with Crippen molar-refractivity contribution in [1.29, 1.82) is 0 Å². The van der Waals surface area contributed by atoms with Crippen molar-refractivity contribution in [1.82, 2.24) is 4.90 Å². The summed E-state index contributed by atoms with van der Waals surface area (Å²) in [5.74, 6) is -1.22. The van der Waals surface area contributed by atoms with Crippen LogP contribution in [0.1, 0.15) is 18.4 Å². The number of amides is 2. The maximum Gasteiger partial charge on any atom is 0.313 e. The van der Waals surface area contributed by atoms with Crippen LogP contribution in [0.5, 0.6) is 0 Å². The fourth-order valence-corrected chi connectivity index (χ4v) is 1.90. The molecular formula is C14H18N2O3. The highest BCUT2D eigenvalue weighted by Gasteiger charge is 2.35. The molecule has 1 fully saturated rings. The van der Waals surface area contributed by atoms with E-state index >= 15 is 0 Å². The van der Waals surface area contributed by atoms with Gasteiger partial charge in [0.2, 0.25) is 0 Å². The predicted molar refractivity (Wildman–Crippen MR) is 71.6 cm³/mol. The number of benzene rings is 1. The summed E-state index contributed by atoms with van der Waals surface area (Å²) >= 11 is 0. The zero-order valence-electron chi connectivity index (χ0n) is 10.9. The molecule has 1 aromatic carbocycles. The number of carbonyl (C=O) groups excluding carboxylic acids is 2. The summed E-state index contributed by atoms with van der Waals surface area (Å²) in [6.07, 6.45) is 1.81. The molecule has 0 atom stereocenters. The number of hydrogen-bond donors (Lipinski definition) is 2. The second kappa shape index (κ2) is 5.84. The van der Waals surface area contributed by atoms with E-state index in [9.17, 15) is 9.59 Å². The lowest BCUT2D eigenvalue weighted by Crippen LogP contribution is -2.42. The number of carbonyl (C=O) groups is 2. The third-order valence-electron chi connectivity index (χ3n) is 3.09. The molecule has 19 heavy (non-hydrogen) atoms. The van der Waals surface area contributed by atoms with Gasteiger partial charge >= 0.3 is 11.8 Å². The molecule has 1 aliphatic carbocycles. The minimum atomic E-state index is -0.649. The van der Waals surface area contributed by atoms with Crippen molar-refractivity contribution < 1.29 is 14.7 Å². The fraction of sp³-hybridized carbons (Fsp3) is 0.429. The minimum absolute atomic E-state index is 0.114. The first-order valence-corrected chi connectivity index (χ1v) is 6.41. The molecule has 1 aliphatic rings. The molecule has 2 amide bonds. The lowest BCUT2D eigenvalue weighted by Gasteiger charge is -2.20. The predicted octanol–water partition coefficient (Wildman–Crippen LogP) is 0.917. The van der Waals surface area contributed by atoms with Crippen molar-refractivity contribution >= 4 is 17.5 Å². The first-order valence-electron chi connectivity index (χ1n) is 6.41. The molecule has 102 valence electrons. The van der Waals surface area contributed by atoms with Crippen LogP contribution in [0.25, 0.3) is 0 Å². The van der Waals surface area contributed by atoms with E-state index in [2.05, 4.69) is 5.32 Å². The molecule has 2 N–H and O–H groups in total. The second-order valence-corrected chi connectivity index (χ2v) is 4.77. The molecule has 1 saturated carbocycles. The lowest BCUT2D eigenvalue weighted by atomic mass is 10.2. The summed E-state index contributed by atoms with van der Waals surface area (Å²) < 4.78 is 0. The minimum Gasteiger partial charge on any atom is -0.395 e. The third-order valence-corrected chi connectivity index (χ3v) is 3.09. The Balaban J connectivity index is 1.98. The Hall–Kier alpha value is -1.88. The topological polar surface area (TPSA) is 69.6 Å². The van der Waals surface area contributed by atoms with Crippen LogP contribution in [-0.2, 0) is 9.59 Å². The monoisotopic (exact) mass is 262 g/mol. The third kappa shape index (κ3) is 3.54. The Labute approximate surface area is 112 Å². The Morgan fingerprint density at radius 2 is 1.95 bits per heavy atom. The van der Waals surface area contributed by atoms with Crippen LogP contribution in [0.4, 0.5) is 5.69 Å². The van der Waals surface area contributed by atoms with Gasteiger partial charge < -0.3 is 15.3 Å². The number of aliphatic hydroxyl groups excluding tert-OH is 1. The van der Waals surface area contributed by atoms with Gasteiger partial charge in [0, 0.05) is 18.3 Å². The van der Waals surface area contributed by atoms with E-state index in [0.29, 0.717) is 5.69 Å². The van der Waals surface area contributed by atoms with Crippen molar-refractivity contribution in [2.24, 2.45) is 0 Å². The van der Waals surface area contributed by atoms with Crippen LogP contribution in [0.15, 0.2) is 24.3 Å². The summed E-state index contributed by atoms with van der Waals surface area (Å²) in [5.41, 5.74) is 1.69. The molecule has 5 nitrogen and oxygen atoms in total. The van der Waals surface area contributed by atoms with Gasteiger partial charge in [0.05, 0.1) is 6.61 Å². The Morgan fingerprint density at radius 3 is 2.47 bits per heavy atom. The van der Waals surface area contributed by atoms with Gasteiger partial charge in [-0.3, -0.25) is 9.59 Å². The number of hydrogen-bond acceptors (Lipinski definition) is 3. The van der Waals surface area contributed by atoms with Crippen molar-refractivity contribution in [3.63, 3.8) is 0 Å². The summed E-state index contributed by atoms with van der Waals surface area (Å²) in [6.45, 7) is 2.04. The molecule has 0 bridgehead atoms. The Kier molecular flexibility index (Phi) is 4.16. The van der Waals surface area contributed by atoms with E-state index in [1.807, 2.05) is 19.1 Å². The Morgan fingerprint density at radius 1 is 1.32 bits per heavy atom. The smallest absolute Gasteiger partial charge is 0.313 e. The second-order valence-electron chi connectivity index (χ2n) is 4.77. The molecule has 0 spiro atoms. The fourth-order valence-electron chi connectivity index (χ4n) is 1.90. The average molecular weight is 262 g/mol. The maximum atomic E-state index is 12.0. The van der Waals surface area contributed by atoms with Gasteiger partial charge in [0.1, 0.15) is 0 Å². The van der Waals surface area contributed by atoms with E-state index in [-0.39, 0.29) is 19.2 Å². The van der Waals surface area contributed by atoms with Crippen molar-refractivity contribution in [3.05, 3.63) is 29.8 Å². The van der Waals surface area contributed by atoms with Crippen molar-refractivity contribution in [3.8, 4) is 0 Å². The molecular weight excluding hydrogens is 244 g/mol. The molecule has 0 unspecified atom stereocenters. The van der Waals surface area contributed by atoms with Crippen LogP contribution < -0.4 is 5.32 Å². The Bertz CT molecular complexity index is 466. The molecule has 5 heteroatoms. The van der Waals surface area contributed by atoms with Crippen LogP contribution in [0.2, 0.25) is 0 Å². The van der Waals surface area contributed by atoms with Crippen molar-refractivity contribution in [2.75, 3.05) is 18.5 Å². The standard InChI is InChI=1S/C14H18N2O3/c1-10-2-4-11(5-3-10)15-13(18)14(19)16(8-9-17)12-6-7-12/h2-5,12,17H,6-9H2,1H3,(H,15,18). The molecule has 0 aliphatic heterocycles. The zero-order valence-corrected chi connectivity index (χ0v) is 10.9. The summed E-state index contributed by atoms with van der Waals surface area (Å²) in [4.78, 5) is 25.3. The maximum absolute atomic E-state index is 12.0. The van der Waals surface area contributed by atoms with Gasteiger partial charge in [-0.15, -0.1) is 0 Å². The summed E-state index contributed by atoms with van der Waals surface area (Å²) in [7, 11) is 0. The van der Waals surface area contributed by atoms with Gasteiger partial charge in [-0.05, 0) is 31.9 Å². The number of rotatable bonds is 4. The number of anilines is 1. The highest BCUT2D eigenvalue weighted by molar-refractivity contribution is 6.39. The first kappa shape index (κ1) is 13.5. The van der Waals surface area contributed by atoms with Gasteiger partial charge in [-0.25, -0.2) is 0 Å². The quantitative estimate of drug-likeness (QED) is 0.793. The molecule has 0 saturated heterocycles. The summed E-state index contributed by atoms with van der Waals surface area (Å²) in [6, 6.07) is 7.37. The van der Waals surface area contributed by atoms with E-state index in [1.165, 1.54) is 4.90 Å². The van der Waals surface area contributed by atoms with Gasteiger partial charge in [0.15, 0.2) is 0 Å². The average Bonchev–Trinajstić information content (AvgIpc) is 3.22. The molecule has 0 radical (unpaired) electrons. The number of nitrogens with one attached hydrogen (secondary N) is 1. The van der Waals surface area contributed by atoms with Gasteiger partial charge in [0.25, 0.3) is 0 Å². The van der Waals surface area contributed by atoms with Crippen LogP contribution in [0, 0.1) is 6.92 Å². The molecule has 2 rings (SSSR count). The normalized spacial score (nSPS) is 14.0. The van der Waals surface area contributed by atoms with E-state index in [4.69, 9.17) is 5.11 Å². The van der Waals surface area contributed by atoms with Crippen LogP contribution in [-0.4, -0.2) is 41.0 Å². The van der Waals surface area contributed by atoms with Gasteiger partial charge in [-0.1, -0.05) is 17.7 Å². The summed E-state index contributed by atoms with van der Waals surface area (Å²) in [5, 5.41) is 11.5. The van der Waals surface area contributed by atoms with Crippen LogP contribution >= 0.6 is 0 Å². The highest BCUT2D eigenvalue weighted by atomic mass is 16.3. The number of aryl methyl sites for hydroxylation is 1. The first-order chi connectivity index (χ1) is 9.11. The SMILES string of the molecule is Cc1ccc(NC(=O)C(=O)N(CCO)C2CC2)cc1. The number of nitrogens with zero attached hydrogens (tertiary/aromatic N) is 1. The molecule has 0 aromatic heterocycles. The van der Waals surface area contributed by atoms with E-state index in [0.717, 1.165) is 18.4 Å². The zero-order chi connectivity index (χ0) is 13.8. The van der Waals surface area contributed by atoms with Crippen molar-refractivity contribution in [2.45, 2.75) is 25.8 Å².